The number of hydrogen-bond acceptors (Lipinski definition) is 6. The van der Waals surface area contributed by atoms with E-state index in [1.54, 1.807) is 6.07 Å². The maximum atomic E-state index is 12.8. The summed E-state index contributed by atoms with van der Waals surface area (Å²) in [5.74, 6) is 0.686. The average Bonchev–Trinajstić information content (AvgIpc) is 3.34. The lowest BCUT2D eigenvalue weighted by atomic mass is 10.3. The Balaban J connectivity index is 1.77. The van der Waals surface area contributed by atoms with E-state index in [2.05, 4.69) is 4.72 Å². The van der Waals surface area contributed by atoms with Gasteiger partial charge >= 0.3 is 0 Å². The third kappa shape index (κ3) is 4.53. The molecule has 0 radical (unpaired) electrons. The molecule has 0 unspecified atom stereocenters. The quantitative estimate of drug-likeness (QED) is 0.707. The van der Waals surface area contributed by atoms with Crippen molar-refractivity contribution in [3.8, 4) is 11.5 Å². The van der Waals surface area contributed by atoms with Gasteiger partial charge in [0, 0.05) is 24.0 Å². The topological polar surface area (TPSA) is 84.9 Å². The number of anilines is 1. The van der Waals surface area contributed by atoms with Gasteiger partial charge < -0.3 is 14.4 Å². The number of amides is 1. The number of nitrogens with zero attached hydrogens (tertiary/aromatic N) is 1. The molecule has 1 aliphatic rings. The van der Waals surface area contributed by atoms with Gasteiger partial charge in [0.15, 0.2) is 0 Å². The van der Waals surface area contributed by atoms with Crippen molar-refractivity contribution >= 4 is 44.6 Å². The Hall–Kier alpha value is -1.97. The first kappa shape index (κ1) is 20.8. The zero-order chi connectivity index (χ0) is 20.3. The SMILES string of the molecule is COc1cc(OC)c(NS(=O)(=O)c2ccc(CC(=O)N3CCCC3)s2)cc1Cl. The zero-order valence-corrected chi connectivity index (χ0v) is 17.9. The molecule has 1 amide bonds. The Morgan fingerprint density at radius 1 is 1.18 bits per heavy atom. The van der Waals surface area contributed by atoms with Crippen molar-refractivity contribution in [1.29, 1.82) is 0 Å². The van der Waals surface area contributed by atoms with Gasteiger partial charge in [-0.3, -0.25) is 9.52 Å². The van der Waals surface area contributed by atoms with Crippen molar-refractivity contribution in [2.75, 3.05) is 32.0 Å². The first-order chi connectivity index (χ1) is 13.3. The summed E-state index contributed by atoms with van der Waals surface area (Å²) in [5, 5.41) is 0.254. The number of carbonyl (C=O) groups excluding carboxylic acids is 1. The van der Waals surface area contributed by atoms with Gasteiger partial charge in [-0.2, -0.15) is 0 Å². The van der Waals surface area contributed by atoms with Crippen molar-refractivity contribution in [3.63, 3.8) is 0 Å². The van der Waals surface area contributed by atoms with Gasteiger partial charge in [0.1, 0.15) is 15.7 Å². The number of sulfonamides is 1. The Kier molecular flexibility index (Phi) is 6.36. The number of rotatable bonds is 7. The van der Waals surface area contributed by atoms with E-state index in [9.17, 15) is 13.2 Å². The molecule has 0 atom stereocenters. The molecule has 1 fully saturated rings. The van der Waals surface area contributed by atoms with Gasteiger partial charge in [0.25, 0.3) is 10.0 Å². The molecule has 3 rings (SSSR count). The molecule has 1 aliphatic heterocycles. The molecule has 1 saturated heterocycles. The minimum Gasteiger partial charge on any atom is -0.495 e. The maximum absolute atomic E-state index is 12.8. The number of methoxy groups -OCH3 is 2. The minimum absolute atomic E-state index is 0.0277. The smallest absolute Gasteiger partial charge is 0.271 e. The van der Waals surface area contributed by atoms with Crippen LogP contribution in [0, 0.1) is 0 Å². The van der Waals surface area contributed by atoms with E-state index in [1.165, 1.54) is 32.4 Å². The molecule has 0 spiro atoms. The summed E-state index contributed by atoms with van der Waals surface area (Å²) in [5.41, 5.74) is 0.205. The van der Waals surface area contributed by atoms with Gasteiger partial charge in [-0.1, -0.05) is 11.6 Å². The highest BCUT2D eigenvalue weighted by atomic mass is 35.5. The number of ether oxygens (including phenoxy) is 2. The highest BCUT2D eigenvalue weighted by Crippen LogP contribution is 2.37. The van der Waals surface area contributed by atoms with Crippen molar-refractivity contribution in [2.24, 2.45) is 0 Å². The van der Waals surface area contributed by atoms with Gasteiger partial charge in [-0.25, -0.2) is 8.42 Å². The zero-order valence-electron chi connectivity index (χ0n) is 15.5. The molecule has 2 heterocycles. The molecule has 1 N–H and O–H groups in total. The Labute approximate surface area is 173 Å². The molecular weight excluding hydrogens is 424 g/mol. The summed E-state index contributed by atoms with van der Waals surface area (Å²) in [7, 11) is -0.968. The highest BCUT2D eigenvalue weighted by molar-refractivity contribution is 7.94. The number of likely N-dealkylation sites (tertiary alicyclic amines) is 1. The number of carbonyl (C=O) groups is 1. The third-order valence-electron chi connectivity index (χ3n) is 4.40. The summed E-state index contributed by atoms with van der Waals surface area (Å²) in [6.07, 6.45) is 2.25. The first-order valence-electron chi connectivity index (χ1n) is 8.65. The molecule has 28 heavy (non-hydrogen) atoms. The Morgan fingerprint density at radius 3 is 2.50 bits per heavy atom. The van der Waals surface area contributed by atoms with Crippen molar-refractivity contribution in [1.82, 2.24) is 4.90 Å². The van der Waals surface area contributed by atoms with Crippen molar-refractivity contribution in [2.45, 2.75) is 23.5 Å². The summed E-state index contributed by atoms with van der Waals surface area (Å²) in [6, 6.07) is 6.11. The first-order valence-corrected chi connectivity index (χ1v) is 11.3. The van der Waals surface area contributed by atoms with Crippen LogP contribution in [-0.4, -0.2) is 46.5 Å². The largest absolute Gasteiger partial charge is 0.495 e. The highest BCUT2D eigenvalue weighted by Gasteiger charge is 2.23. The van der Waals surface area contributed by atoms with Crippen LogP contribution < -0.4 is 14.2 Å². The fourth-order valence-corrected chi connectivity index (χ4v) is 5.61. The van der Waals surface area contributed by atoms with Crippen LogP contribution in [0.3, 0.4) is 0 Å². The molecule has 2 aromatic rings. The Morgan fingerprint density at radius 2 is 1.86 bits per heavy atom. The summed E-state index contributed by atoms with van der Waals surface area (Å²) < 4.78 is 38.5. The van der Waals surface area contributed by atoms with Crippen LogP contribution in [-0.2, 0) is 21.2 Å². The van der Waals surface area contributed by atoms with Crippen LogP contribution in [0.5, 0.6) is 11.5 Å². The second-order valence-electron chi connectivity index (χ2n) is 6.28. The normalized spacial score (nSPS) is 14.2. The molecule has 0 saturated carbocycles. The Bertz CT molecular complexity index is 968. The number of benzene rings is 1. The summed E-state index contributed by atoms with van der Waals surface area (Å²) >= 11 is 7.18. The second-order valence-corrected chi connectivity index (χ2v) is 9.76. The van der Waals surface area contributed by atoms with E-state index >= 15 is 0 Å². The predicted molar refractivity (Wildman–Crippen MR) is 109 cm³/mol. The molecule has 0 aliphatic carbocycles. The van der Waals surface area contributed by atoms with Crippen LogP contribution >= 0.6 is 22.9 Å². The van der Waals surface area contributed by atoms with E-state index in [0.29, 0.717) is 10.6 Å². The van der Waals surface area contributed by atoms with E-state index in [-0.39, 0.29) is 33.0 Å². The molecule has 152 valence electrons. The van der Waals surface area contributed by atoms with Crippen molar-refractivity contribution in [3.05, 3.63) is 34.2 Å². The monoisotopic (exact) mass is 444 g/mol. The van der Waals surface area contributed by atoms with E-state index < -0.39 is 10.0 Å². The van der Waals surface area contributed by atoms with Gasteiger partial charge in [-0.15, -0.1) is 11.3 Å². The van der Waals surface area contributed by atoms with Crippen LogP contribution in [0.4, 0.5) is 5.69 Å². The fourth-order valence-electron chi connectivity index (χ4n) is 2.96. The molecular formula is C18H21ClN2O5S2. The van der Waals surface area contributed by atoms with Crippen LogP contribution in [0.2, 0.25) is 5.02 Å². The average molecular weight is 445 g/mol. The molecule has 0 bridgehead atoms. The van der Waals surface area contributed by atoms with Gasteiger partial charge in [-0.05, 0) is 31.0 Å². The number of halogens is 1. The van der Waals surface area contributed by atoms with E-state index in [4.69, 9.17) is 21.1 Å². The standard InChI is InChI=1S/C18H21ClN2O5S2/c1-25-15-11-16(26-2)14(10-13(15)19)20-28(23,24)18-6-5-12(27-18)9-17(22)21-7-3-4-8-21/h5-6,10-11,20H,3-4,7-9H2,1-2H3. The number of hydrogen-bond donors (Lipinski definition) is 1. The number of nitrogens with one attached hydrogen (secondary N) is 1. The second kappa shape index (κ2) is 8.59. The lowest BCUT2D eigenvalue weighted by Gasteiger charge is -2.14. The van der Waals surface area contributed by atoms with Crippen LogP contribution in [0.25, 0.3) is 0 Å². The van der Waals surface area contributed by atoms with Gasteiger partial charge in [0.05, 0.1) is 31.4 Å². The van der Waals surface area contributed by atoms with Crippen LogP contribution in [0.1, 0.15) is 17.7 Å². The predicted octanol–water partition coefficient (Wildman–Crippen LogP) is 3.38. The van der Waals surface area contributed by atoms with E-state index in [0.717, 1.165) is 37.3 Å². The minimum atomic E-state index is -3.85. The van der Waals surface area contributed by atoms with Crippen molar-refractivity contribution < 1.29 is 22.7 Å². The summed E-state index contributed by atoms with van der Waals surface area (Å²) in [6.45, 7) is 1.55. The molecule has 10 heteroatoms. The number of thiophene rings is 1. The van der Waals surface area contributed by atoms with E-state index in [1.807, 2.05) is 4.90 Å². The molecule has 7 nitrogen and oxygen atoms in total. The third-order valence-corrected chi connectivity index (χ3v) is 7.64. The lowest BCUT2D eigenvalue weighted by molar-refractivity contribution is -0.129. The molecule has 1 aromatic carbocycles. The fraction of sp³-hybridized carbons (Fsp3) is 0.389. The van der Waals surface area contributed by atoms with Crippen LogP contribution in [0.15, 0.2) is 28.5 Å². The maximum Gasteiger partial charge on any atom is 0.271 e. The van der Waals surface area contributed by atoms with Gasteiger partial charge in [0.2, 0.25) is 5.91 Å². The molecule has 1 aromatic heterocycles. The summed E-state index contributed by atoms with van der Waals surface area (Å²) in [4.78, 5) is 14.8. The lowest BCUT2D eigenvalue weighted by Crippen LogP contribution is -2.28.